The number of alkyl halides is 2. The molecule has 0 spiro atoms. The van der Waals surface area contributed by atoms with Gasteiger partial charge in [-0.25, -0.2) is 0 Å². The van der Waals surface area contributed by atoms with Gasteiger partial charge in [-0.05, 0) is 36.2 Å². The number of benzene rings is 2. The van der Waals surface area contributed by atoms with Gasteiger partial charge in [0, 0.05) is 44.5 Å². The van der Waals surface area contributed by atoms with Crippen molar-refractivity contribution in [2.75, 3.05) is 51.3 Å². The summed E-state index contributed by atoms with van der Waals surface area (Å²) in [5, 5.41) is 2.92. The number of amides is 1. The fourth-order valence-electron chi connectivity index (χ4n) is 3.41. The van der Waals surface area contributed by atoms with Crippen molar-refractivity contribution < 1.29 is 23.0 Å². The van der Waals surface area contributed by atoms with E-state index < -0.39 is 6.61 Å². The van der Waals surface area contributed by atoms with Crippen LogP contribution in [0.2, 0.25) is 0 Å². The number of hydrogen-bond donors (Lipinski definition) is 1. The summed E-state index contributed by atoms with van der Waals surface area (Å²) in [4.78, 5) is 16.7. The number of nitrogens with one attached hydrogen (secondary N) is 1. The largest absolute Gasteiger partial charge is 0.497 e. The summed E-state index contributed by atoms with van der Waals surface area (Å²) in [7, 11) is 1.66. The van der Waals surface area contributed by atoms with Crippen LogP contribution in [0.1, 0.15) is 5.56 Å². The molecule has 1 heterocycles. The smallest absolute Gasteiger partial charge is 0.387 e. The Morgan fingerprint density at radius 1 is 1.07 bits per heavy atom. The third kappa shape index (κ3) is 6.59. The number of piperazine rings is 1. The first-order valence-corrected chi connectivity index (χ1v) is 9.95. The lowest BCUT2D eigenvalue weighted by Crippen LogP contribution is -2.49. The van der Waals surface area contributed by atoms with Crippen molar-refractivity contribution in [2.45, 2.75) is 13.0 Å². The molecule has 0 aromatic heterocycles. The van der Waals surface area contributed by atoms with Gasteiger partial charge < -0.3 is 19.7 Å². The molecule has 1 aliphatic rings. The molecule has 8 heteroatoms. The van der Waals surface area contributed by atoms with Crippen LogP contribution in [0, 0.1) is 0 Å². The number of hydrogen-bond acceptors (Lipinski definition) is 5. The molecule has 2 aromatic carbocycles. The Balaban J connectivity index is 1.35. The highest BCUT2D eigenvalue weighted by Crippen LogP contribution is 2.22. The fourth-order valence-corrected chi connectivity index (χ4v) is 3.41. The molecule has 1 aliphatic heterocycles. The topological polar surface area (TPSA) is 54.0 Å². The molecule has 6 nitrogen and oxygen atoms in total. The van der Waals surface area contributed by atoms with Gasteiger partial charge in [-0.2, -0.15) is 8.78 Å². The molecule has 162 valence electrons. The number of anilines is 1. The van der Waals surface area contributed by atoms with Gasteiger partial charge in [0.1, 0.15) is 11.5 Å². The van der Waals surface area contributed by atoms with Crippen molar-refractivity contribution >= 4 is 11.6 Å². The van der Waals surface area contributed by atoms with Crippen LogP contribution >= 0.6 is 0 Å². The summed E-state index contributed by atoms with van der Waals surface area (Å²) in [6, 6.07) is 14.5. The van der Waals surface area contributed by atoms with Crippen LogP contribution in [-0.2, 0) is 11.2 Å². The normalized spacial score (nSPS) is 14.6. The molecule has 1 saturated heterocycles. The standard InChI is InChI=1S/C22H27F2N3O3/c1-29-20-4-2-3-18(15-20)27-13-11-26(12-14-27)16-21(28)25-10-9-17-5-7-19(8-6-17)30-22(23)24/h2-8,15,22H,9-14,16H2,1H3,(H,25,28). The second kappa shape index (κ2) is 10.8. The third-order valence-electron chi connectivity index (χ3n) is 5.04. The quantitative estimate of drug-likeness (QED) is 0.678. The average Bonchev–Trinajstić information content (AvgIpc) is 2.75. The molecular formula is C22H27F2N3O3. The van der Waals surface area contributed by atoms with Gasteiger partial charge in [0.05, 0.1) is 13.7 Å². The summed E-state index contributed by atoms with van der Waals surface area (Å²) in [5.41, 5.74) is 2.08. The van der Waals surface area contributed by atoms with E-state index in [4.69, 9.17) is 4.74 Å². The summed E-state index contributed by atoms with van der Waals surface area (Å²) < 4.78 is 33.9. The van der Waals surface area contributed by atoms with Crippen molar-refractivity contribution in [3.8, 4) is 11.5 Å². The average molecular weight is 419 g/mol. The molecule has 1 N–H and O–H groups in total. The van der Waals surface area contributed by atoms with Crippen molar-refractivity contribution in [1.29, 1.82) is 0 Å². The van der Waals surface area contributed by atoms with Gasteiger partial charge in [0.2, 0.25) is 5.91 Å². The van der Waals surface area contributed by atoms with E-state index in [1.807, 2.05) is 18.2 Å². The minimum atomic E-state index is -2.83. The molecule has 0 unspecified atom stereocenters. The van der Waals surface area contributed by atoms with E-state index in [0.717, 1.165) is 43.2 Å². The summed E-state index contributed by atoms with van der Waals surface area (Å²) in [6.07, 6.45) is 0.629. The van der Waals surface area contributed by atoms with Crippen molar-refractivity contribution in [2.24, 2.45) is 0 Å². The minimum absolute atomic E-state index is 0.0116. The fraction of sp³-hybridized carbons (Fsp3) is 0.409. The lowest BCUT2D eigenvalue weighted by molar-refractivity contribution is -0.122. The lowest BCUT2D eigenvalue weighted by atomic mass is 10.1. The highest BCUT2D eigenvalue weighted by Gasteiger charge is 2.19. The Kier molecular flexibility index (Phi) is 7.84. The molecular weight excluding hydrogens is 392 g/mol. The van der Waals surface area contributed by atoms with Crippen LogP contribution in [0.25, 0.3) is 0 Å². The van der Waals surface area contributed by atoms with Crippen LogP contribution < -0.4 is 19.7 Å². The van der Waals surface area contributed by atoms with Crippen LogP contribution in [0.3, 0.4) is 0 Å². The molecule has 30 heavy (non-hydrogen) atoms. The number of halogens is 2. The number of methoxy groups -OCH3 is 1. The van der Waals surface area contributed by atoms with Crippen molar-refractivity contribution in [3.05, 3.63) is 54.1 Å². The molecule has 3 rings (SSSR count). The van der Waals surface area contributed by atoms with E-state index in [0.29, 0.717) is 19.5 Å². The molecule has 0 atom stereocenters. The van der Waals surface area contributed by atoms with Gasteiger partial charge in [0.25, 0.3) is 0 Å². The van der Waals surface area contributed by atoms with Crippen LogP contribution in [0.15, 0.2) is 48.5 Å². The zero-order chi connectivity index (χ0) is 21.3. The van der Waals surface area contributed by atoms with Crippen LogP contribution in [-0.4, -0.2) is 63.8 Å². The van der Waals surface area contributed by atoms with Gasteiger partial charge >= 0.3 is 6.61 Å². The molecule has 2 aromatic rings. The molecule has 1 amide bonds. The maximum Gasteiger partial charge on any atom is 0.387 e. The zero-order valence-corrected chi connectivity index (χ0v) is 17.0. The predicted molar refractivity (Wildman–Crippen MR) is 111 cm³/mol. The van der Waals surface area contributed by atoms with Crippen LogP contribution in [0.4, 0.5) is 14.5 Å². The molecule has 0 radical (unpaired) electrons. The highest BCUT2D eigenvalue weighted by atomic mass is 19.3. The number of rotatable bonds is 9. The Morgan fingerprint density at radius 2 is 1.80 bits per heavy atom. The highest BCUT2D eigenvalue weighted by molar-refractivity contribution is 5.78. The Morgan fingerprint density at radius 3 is 2.47 bits per heavy atom. The second-order valence-corrected chi connectivity index (χ2v) is 7.09. The number of carbonyl (C=O) groups excluding carboxylic acids is 1. The Labute approximate surface area is 175 Å². The zero-order valence-electron chi connectivity index (χ0n) is 17.0. The third-order valence-corrected chi connectivity index (χ3v) is 5.04. The number of carbonyl (C=O) groups is 1. The van der Waals surface area contributed by atoms with Crippen molar-refractivity contribution in [1.82, 2.24) is 10.2 Å². The minimum Gasteiger partial charge on any atom is -0.497 e. The maximum absolute atomic E-state index is 12.2. The first kappa shape index (κ1) is 21.8. The molecule has 0 aliphatic carbocycles. The Bertz CT molecular complexity index is 810. The number of nitrogens with zero attached hydrogens (tertiary/aromatic N) is 2. The van der Waals surface area contributed by atoms with E-state index in [1.54, 1.807) is 19.2 Å². The summed E-state index contributed by atoms with van der Waals surface area (Å²) in [5.74, 6) is 0.957. The van der Waals surface area contributed by atoms with Gasteiger partial charge in [-0.1, -0.05) is 18.2 Å². The van der Waals surface area contributed by atoms with E-state index >= 15 is 0 Å². The van der Waals surface area contributed by atoms with E-state index in [9.17, 15) is 13.6 Å². The maximum atomic E-state index is 12.2. The summed E-state index contributed by atoms with van der Waals surface area (Å²) in [6.45, 7) is 1.38. The lowest BCUT2D eigenvalue weighted by Gasteiger charge is -2.35. The van der Waals surface area contributed by atoms with Gasteiger partial charge in [-0.3, -0.25) is 9.69 Å². The second-order valence-electron chi connectivity index (χ2n) is 7.09. The monoisotopic (exact) mass is 419 g/mol. The van der Waals surface area contributed by atoms with Gasteiger partial charge in [-0.15, -0.1) is 0 Å². The summed E-state index contributed by atoms with van der Waals surface area (Å²) >= 11 is 0. The van der Waals surface area contributed by atoms with Gasteiger partial charge in [0.15, 0.2) is 0 Å². The van der Waals surface area contributed by atoms with Crippen LogP contribution in [0.5, 0.6) is 11.5 Å². The van der Waals surface area contributed by atoms with Crippen molar-refractivity contribution in [3.63, 3.8) is 0 Å². The van der Waals surface area contributed by atoms with E-state index in [2.05, 4.69) is 25.9 Å². The molecule has 0 bridgehead atoms. The van der Waals surface area contributed by atoms with E-state index in [-0.39, 0.29) is 11.7 Å². The predicted octanol–water partition coefficient (Wildman–Crippen LogP) is 2.78. The first-order chi connectivity index (χ1) is 14.5. The molecule has 1 fully saturated rings. The first-order valence-electron chi connectivity index (χ1n) is 9.95. The Hall–Kier alpha value is -2.87. The van der Waals surface area contributed by atoms with E-state index in [1.165, 1.54) is 12.1 Å². The SMILES string of the molecule is COc1cccc(N2CCN(CC(=O)NCCc3ccc(OC(F)F)cc3)CC2)c1. The molecule has 0 saturated carbocycles. The number of ether oxygens (including phenoxy) is 2.